The number of phenols is 1. The molecule has 0 saturated carbocycles. The number of fused-ring (bicyclic) bond motifs is 1. The van der Waals surface area contributed by atoms with Crippen LogP contribution in [-0.2, 0) is 22.4 Å². The molecule has 0 saturated heterocycles. The summed E-state index contributed by atoms with van der Waals surface area (Å²) in [4.78, 5) is 26.1. The van der Waals surface area contributed by atoms with Gasteiger partial charge in [0.2, 0.25) is 0 Å². The smallest absolute Gasteiger partial charge is 0.341 e. The molecule has 0 radical (unpaired) electrons. The zero-order valence-electron chi connectivity index (χ0n) is 16.1. The van der Waals surface area contributed by atoms with Crippen molar-refractivity contribution in [2.45, 2.75) is 25.7 Å². The predicted molar refractivity (Wildman–Crippen MR) is 109 cm³/mol. The SMILES string of the molecule is COC(=O)c1c(NC(=O)/C(C#N)=C/c2ccc(O)c(OC)c2)sc2c1CCCC2. The minimum atomic E-state index is -0.622. The Labute approximate surface area is 172 Å². The number of methoxy groups -OCH3 is 2. The summed E-state index contributed by atoms with van der Waals surface area (Å²) in [5, 5.41) is 22.2. The van der Waals surface area contributed by atoms with E-state index in [2.05, 4.69) is 5.32 Å². The minimum Gasteiger partial charge on any atom is -0.504 e. The largest absolute Gasteiger partial charge is 0.504 e. The summed E-state index contributed by atoms with van der Waals surface area (Å²) in [6.07, 6.45) is 5.03. The van der Waals surface area contributed by atoms with Crippen molar-refractivity contribution in [1.82, 2.24) is 0 Å². The summed E-state index contributed by atoms with van der Waals surface area (Å²) in [5.74, 6) is -0.927. The number of nitrogens with one attached hydrogen (secondary N) is 1. The second-order valence-corrected chi connectivity index (χ2v) is 7.57. The summed E-state index contributed by atoms with van der Waals surface area (Å²) >= 11 is 1.35. The van der Waals surface area contributed by atoms with Gasteiger partial charge < -0.3 is 19.9 Å². The summed E-state index contributed by atoms with van der Waals surface area (Å²) in [6, 6.07) is 6.38. The number of nitriles is 1. The van der Waals surface area contributed by atoms with Crippen LogP contribution in [0.25, 0.3) is 6.08 Å². The molecule has 0 spiro atoms. The van der Waals surface area contributed by atoms with Crippen LogP contribution < -0.4 is 10.1 Å². The first kappa shape index (κ1) is 20.4. The number of esters is 1. The van der Waals surface area contributed by atoms with E-state index in [0.29, 0.717) is 16.1 Å². The van der Waals surface area contributed by atoms with Crippen LogP contribution in [0.15, 0.2) is 23.8 Å². The number of thiophene rings is 1. The Morgan fingerprint density at radius 3 is 2.72 bits per heavy atom. The summed E-state index contributed by atoms with van der Waals surface area (Å²) in [5.41, 5.74) is 1.68. The lowest BCUT2D eigenvalue weighted by Crippen LogP contribution is -2.16. The third-order valence-corrected chi connectivity index (χ3v) is 5.87. The van der Waals surface area contributed by atoms with Gasteiger partial charge in [-0.3, -0.25) is 4.79 Å². The van der Waals surface area contributed by atoms with Crippen LogP contribution in [-0.4, -0.2) is 31.2 Å². The van der Waals surface area contributed by atoms with Gasteiger partial charge in [0, 0.05) is 4.88 Å². The van der Waals surface area contributed by atoms with E-state index in [-0.39, 0.29) is 17.1 Å². The molecule has 7 nitrogen and oxygen atoms in total. The fraction of sp³-hybridized carbons (Fsp3) is 0.286. The van der Waals surface area contributed by atoms with Crippen LogP contribution in [0.3, 0.4) is 0 Å². The number of amides is 1. The molecular formula is C21H20N2O5S. The maximum atomic E-state index is 12.7. The zero-order chi connectivity index (χ0) is 21.0. The third-order valence-electron chi connectivity index (χ3n) is 4.67. The number of carbonyl (C=O) groups is 2. The van der Waals surface area contributed by atoms with Gasteiger partial charge >= 0.3 is 5.97 Å². The maximum Gasteiger partial charge on any atom is 0.341 e. The van der Waals surface area contributed by atoms with Gasteiger partial charge in [0.1, 0.15) is 16.6 Å². The number of phenolic OH excluding ortho intramolecular Hbond substituents is 1. The molecule has 1 aromatic carbocycles. The predicted octanol–water partition coefficient (Wildman–Crippen LogP) is 3.67. The van der Waals surface area contributed by atoms with Gasteiger partial charge in [-0.1, -0.05) is 6.07 Å². The van der Waals surface area contributed by atoms with Crippen molar-refractivity contribution in [3.05, 3.63) is 45.3 Å². The van der Waals surface area contributed by atoms with E-state index in [1.54, 1.807) is 6.07 Å². The molecule has 1 heterocycles. The fourth-order valence-corrected chi connectivity index (χ4v) is 4.51. The van der Waals surface area contributed by atoms with Crippen LogP contribution in [0.5, 0.6) is 11.5 Å². The Kier molecular flexibility index (Phi) is 6.20. The molecule has 2 aromatic rings. The van der Waals surface area contributed by atoms with Gasteiger partial charge in [-0.2, -0.15) is 5.26 Å². The van der Waals surface area contributed by atoms with Crippen LogP contribution in [0.1, 0.15) is 39.2 Å². The molecule has 29 heavy (non-hydrogen) atoms. The van der Waals surface area contributed by atoms with Gasteiger partial charge in [0.05, 0.1) is 19.8 Å². The van der Waals surface area contributed by atoms with Gasteiger partial charge in [-0.05, 0) is 55.0 Å². The van der Waals surface area contributed by atoms with Crippen molar-refractivity contribution < 1.29 is 24.2 Å². The van der Waals surface area contributed by atoms with Crippen LogP contribution in [0.4, 0.5) is 5.00 Å². The van der Waals surface area contributed by atoms with E-state index >= 15 is 0 Å². The Balaban J connectivity index is 1.92. The third kappa shape index (κ3) is 4.25. The van der Waals surface area contributed by atoms with Gasteiger partial charge in [0.25, 0.3) is 5.91 Å². The van der Waals surface area contributed by atoms with E-state index in [9.17, 15) is 20.0 Å². The summed E-state index contributed by atoms with van der Waals surface area (Å²) in [6.45, 7) is 0. The van der Waals surface area contributed by atoms with Gasteiger partial charge in [-0.15, -0.1) is 11.3 Å². The average molecular weight is 412 g/mol. The highest BCUT2D eigenvalue weighted by atomic mass is 32.1. The number of hydrogen-bond donors (Lipinski definition) is 2. The molecular weight excluding hydrogens is 392 g/mol. The lowest BCUT2D eigenvalue weighted by molar-refractivity contribution is -0.112. The van der Waals surface area contributed by atoms with Crippen molar-refractivity contribution >= 4 is 34.3 Å². The monoisotopic (exact) mass is 412 g/mol. The Morgan fingerprint density at radius 2 is 2.03 bits per heavy atom. The number of aromatic hydroxyl groups is 1. The van der Waals surface area contributed by atoms with E-state index < -0.39 is 11.9 Å². The van der Waals surface area contributed by atoms with E-state index in [0.717, 1.165) is 36.1 Å². The quantitative estimate of drug-likeness (QED) is 0.441. The molecule has 0 unspecified atom stereocenters. The Bertz CT molecular complexity index is 1030. The number of nitrogens with zero attached hydrogens (tertiary/aromatic N) is 1. The standard InChI is InChI=1S/C21H20N2O5S/c1-27-16-10-12(7-8-15(16)24)9-13(11-22)19(25)23-20-18(21(26)28-2)14-5-3-4-6-17(14)29-20/h7-10,24H,3-6H2,1-2H3,(H,23,25)/b13-9+. The summed E-state index contributed by atoms with van der Waals surface area (Å²) in [7, 11) is 2.72. The van der Waals surface area contributed by atoms with Gasteiger partial charge in [0.15, 0.2) is 11.5 Å². The molecule has 8 heteroatoms. The second kappa shape index (κ2) is 8.80. The maximum absolute atomic E-state index is 12.7. The van der Waals surface area contributed by atoms with Crippen molar-refractivity contribution in [3.8, 4) is 17.6 Å². The lowest BCUT2D eigenvalue weighted by Gasteiger charge is -2.11. The fourth-order valence-electron chi connectivity index (χ4n) is 3.24. The number of rotatable bonds is 5. The second-order valence-electron chi connectivity index (χ2n) is 6.46. The molecule has 1 aromatic heterocycles. The number of aryl methyl sites for hydroxylation is 1. The minimum absolute atomic E-state index is 0.0421. The highest BCUT2D eigenvalue weighted by Crippen LogP contribution is 2.38. The molecule has 3 rings (SSSR count). The Morgan fingerprint density at radius 1 is 1.28 bits per heavy atom. The van der Waals surface area contributed by atoms with Gasteiger partial charge in [-0.25, -0.2) is 4.79 Å². The number of carbonyl (C=O) groups excluding carboxylic acids is 2. The highest BCUT2D eigenvalue weighted by molar-refractivity contribution is 7.17. The number of anilines is 1. The first-order valence-electron chi connectivity index (χ1n) is 9.01. The van der Waals surface area contributed by atoms with Crippen molar-refractivity contribution in [2.24, 2.45) is 0 Å². The van der Waals surface area contributed by atoms with E-state index in [4.69, 9.17) is 9.47 Å². The number of ether oxygens (including phenoxy) is 2. The van der Waals surface area contributed by atoms with Crippen LogP contribution >= 0.6 is 11.3 Å². The average Bonchev–Trinajstić information content (AvgIpc) is 3.10. The molecule has 0 fully saturated rings. The molecule has 1 aliphatic carbocycles. The Hall–Kier alpha value is -3.31. The molecule has 0 bridgehead atoms. The number of benzene rings is 1. The molecule has 0 aliphatic heterocycles. The van der Waals surface area contributed by atoms with Crippen molar-refractivity contribution in [3.63, 3.8) is 0 Å². The first-order chi connectivity index (χ1) is 14.0. The lowest BCUT2D eigenvalue weighted by atomic mass is 9.95. The first-order valence-corrected chi connectivity index (χ1v) is 9.83. The number of hydrogen-bond acceptors (Lipinski definition) is 7. The van der Waals surface area contributed by atoms with E-state index in [1.807, 2.05) is 6.07 Å². The van der Waals surface area contributed by atoms with E-state index in [1.165, 1.54) is 43.8 Å². The van der Waals surface area contributed by atoms with Crippen molar-refractivity contribution in [2.75, 3.05) is 19.5 Å². The van der Waals surface area contributed by atoms with Crippen molar-refractivity contribution in [1.29, 1.82) is 5.26 Å². The molecule has 1 aliphatic rings. The molecule has 0 atom stereocenters. The zero-order valence-corrected chi connectivity index (χ0v) is 16.9. The summed E-state index contributed by atoms with van der Waals surface area (Å²) < 4.78 is 9.95. The normalized spacial score (nSPS) is 13.2. The topological polar surface area (TPSA) is 109 Å². The van der Waals surface area contributed by atoms with Crippen LogP contribution in [0, 0.1) is 11.3 Å². The molecule has 150 valence electrons. The van der Waals surface area contributed by atoms with Crippen LogP contribution in [0.2, 0.25) is 0 Å². The molecule has 1 amide bonds. The highest BCUT2D eigenvalue weighted by Gasteiger charge is 2.27. The molecule has 2 N–H and O–H groups in total.